The summed E-state index contributed by atoms with van der Waals surface area (Å²) < 4.78 is 4.76. The fourth-order valence-corrected chi connectivity index (χ4v) is 0.834. The molecule has 0 aliphatic carbocycles. The number of esters is 1. The first-order valence-corrected chi connectivity index (χ1v) is 4.38. The van der Waals surface area contributed by atoms with Gasteiger partial charge in [-0.05, 0) is 20.3 Å². The van der Waals surface area contributed by atoms with E-state index in [-0.39, 0.29) is 13.0 Å². The third-order valence-corrected chi connectivity index (χ3v) is 1.77. The molecule has 1 atom stereocenters. The maximum Gasteiger partial charge on any atom is 0.326 e. The zero-order valence-corrected chi connectivity index (χ0v) is 8.47. The molecule has 0 aromatic heterocycles. The highest BCUT2D eigenvalue weighted by molar-refractivity contribution is 6.25. The summed E-state index contributed by atoms with van der Waals surface area (Å²) >= 11 is 5.30. The maximum absolute atomic E-state index is 11.3. The number of carbonyl (C=O) groups excluding carboxylic acids is 1. The average molecular weight is 202 g/mol. The van der Waals surface area contributed by atoms with E-state index in [0.717, 1.165) is 0 Å². The number of rotatable bonds is 4. The average Bonchev–Trinajstić information content (AvgIpc) is 2.14. The minimum absolute atomic E-state index is 0.270. The summed E-state index contributed by atoms with van der Waals surface area (Å²) in [4.78, 5) is 11.3. The summed E-state index contributed by atoms with van der Waals surface area (Å²) in [6.45, 7) is 3.51. The Hall–Kier alpha value is -1.01. The summed E-state index contributed by atoms with van der Waals surface area (Å²) in [6, 6.07) is 1.91. The van der Waals surface area contributed by atoms with Crippen LogP contribution in [0.3, 0.4) is 0 Å². The van der Waals surface area contributed by atoms with Crippen molar-refractivity contribution in [2.75, 3.05) is 6.61 Å². The van der Waals surface area contributed by atoms with Gasteiger partial charge < -0.3 is 4.74 Å². The number of nitriles is 1. The molecule has 13 heavy (non-hydrogen) atoms. The van der Waals surface area contributed by atoms with Crippen LogP contribution in [0.5, 0.6) is 0 Å². The highest BCUT2D eigenvalue weighted by Crippen LogP contribution is 2.22. The molecule has 4 heteroatoms. The molecule has 0 rings (SSSR count). The molecule has 3 nitrogen and oxygen atoms in total. The highest BCUT2D eigenvalue weighted by Gasteiger charge is 2.33. The maximum atomic E-state index is 11.3. The Balaban J connectivity index is 4.45. The summed E-state index contributed by atoms with van der Waals surface area (Å²) in [7, 11) is 0. The Bertz CT molecular complexity index is 244. The van der Waals surface area contributed by atoms with E-state index in [1.54, 1.807) is 13.0 Å². The monoisotopic (exact) mass is 201 g/mol. The molecule has 0 heterocycles. The smallest absolute Gasteiger partial charge is 0.326 e. The Labute approximate surface area is 82.9 Å². The molecule has 0 aromatic rings. The Kier molecular flexibility index (Phi) is 5.17. The molecule has 0 aromatic carbocycles. The van der Waals surface area contributed by atoms with Crippen LogP contribution in [0.4, 0.5) is 0 Å². The number of carbonyl (C=O) groups is 1. The first-order chi connectivity index (χ1) is 6.10. The third kappa shape index (κ3) is 3.47. The number of nitrogens with zero attached hydrogens (tertiary/aromatic N) is 1. The molecule has 0 bridgehead atoms. The molecule has 72 valence electrons. The predicted octanol–water partition coefficient (Wildman–Crippen LogP) is 2.22. The van der Waals surface area contributed by atoms with Crippen LogP contribution in [-0.4, -0.2) is 12.6 Å². The van der Waals surface area contributed by atoms with Gasteiger partial charge in [-0.1, -0.05) is 17.7 Å². The van der Waals surface area contributed by atoms with Crippen LogP contribution >= 0.6 is 11.6 Å². The standard InChI is InChI=1S/C9H12ClNO2/c1-3-13-8(12)9(2,7-11)5-4-6-10/h4,6H,3,5H2,1-2H3/b6-4+. The molecule has 0 spiro atoms. The molecule has 1 unspecified atom stereocenters. The third-order valence-electron chi connectivity index (χ3n) is 1.59. The van der Waals surface area contributed by atoms with E-state index < -0.39 is 11.4 Å². The Morgan fingerprint density at radius 3 is 2.77 bits per heavy atom. The minimum Gasteiger partial charge on any atom is -0.465 e. The van der Waals surface area contributed by atoms with Crippen LogP contribution < -0.4 is 0 Å². The fraction of sp³-hybridized carbons (Fsp3) is 0.556. The fourth-order valence-electron chi connectivity index (χ4n) is 0.745. The summed E-state index contributed by atoms with van der Waals surface area (Å²) in [5.74, 6) is -0.507. The van der Waals surface area contributed by atoms with Crippen molar-refractivity contribution < 1.29 is 9.53 Å². The lowest BCUT2D eigenvalue weighted by Gasteiger charge is -2.16. The molecular weight excluding hydrogens is 190 g/mol. The van der Waals surface area contributed by atoms with Crippen molar-refractivity contribution in [3.8, 4) is 6.07 Å². The highest BCUT2D eigenvalue weighted by atomic mass is 35.5. The first-order valence-electron chi connectivity index (χ1n) is 3.94. The molecular formula is C9H12ClNO2. The second-order valence-corrected chi connectivity index (χ2v) is 2.98. The lowest BCUT2D eigenvalue weighted by atomic mass is 9.89. The topological polar surface area (TPSA) is 50.1 Å². The van der Waals surface area contributed by atoms with E-state index in [9.17, 15) is 4.79 Å². The van der Waals surface area contributed by atoms with Crippen molar-refractivity contribution in [2.45, 2.75) is 20.3 Å². The zero-order chi connectivity index (χ0) is 10.3. The molecule has 0 N–H and O–H groups in total. The molecule has 0 aliphatic heterocycles. The minimum atomic E-state index is -1.12. The van der Waals surface area contributed by atoms with Gasteiger partial charge in [0.15, 0.2) is 5.41 Å². The van der Waals surface area contributed by atoms with Crippen LogP contribution in [0.25, 0.3) is 0 Å². The van der Waals surface area contributed by atoms with Crippen LogP contribution in [0, 0.1) is 16.7 Å². The van der Waals surface area contributed by atoms with Crippen LogP contribution in [-0.2, 0) is 9.53 Å². The predicted molar refractivity (Wildman–Crippen MR) is 50.0 cm³/mol. The van der Waals surface area contributed by atoms with E-state index in [1.807, 2.05) is 6.07 Å². The molecule has 0 saturated carbocycles. The van der Waals surface area contributed by atoms with Gasteiger partial charge in [0, 0.05) is 5.54 Å². The molecule has 0 fully saturated rings. The van der Waals surface area contributed by atoms with Gasteiger partial charge in [-0.15, -0.1) is 0 Å². The number of ether oxygens (including phenoxy) is 1. The van der Waals surface area contributed by atoms with Crippen molar-refractivity contribution in [2.24, 2.45) is 5.41 Å². The molecule has 0 saturated heterocycles. The molecule has 0 amide bonds. The van der Waals surface area contributed by atoms with Gasteiger partial charge >= 0.3 is 5.97 Å². The second-order valence-electron chi connectivity index (χ2n) is 2.73. The largest absolute Gasteiger partial charge is 0.465 e. The van der Waals surface area contributed by atoms with E-state index in [4.69, 9.17) is 21.6 Å². The van der Waals surface area contributed by atoms with Crippen LogP contribution in [0.1, 0.15) is 20.3 Å². The van der Waals surface area contributed by atoms with Crippen molar-refractivity contribution >= 4 is 17.6 Å². The van der Waals surface area contributed by atoms with Gasteiger partial charge in [-0.25, -0.2) is 0 Å². The number of allylic oxidation sites excluding steroid dienone is 1. The molecule has 0 radical (unpaired) electrons. The van der Waals surface area contributed by atoms with E-state index >= 15 is 0 Å². The van der Waals surface area contributed by atoms with Gasteiger partial charge in [-0.3, -0.25) is 4.79 Å². The van der Waals surface area contributed by atoms with Gasteiger partial charge in [0.05, 0.1) is 12.7 Å². The van der Waals surface area contributed by atoms with E-state index in [2.05, 4.69) is 0 Å². The van der Waals surface area contributed by atoms with Gasteiger partial charge in [-0.2, -0.15) is 5.26 Å². The number of hydrogen-bond donors (Lipinski definition) is 0. The second kappa shape index (κ2) is 5.60. The van der Waals surface area contributed by atoms with Gasteiger partial charge in [0.25, 0.3) is 0 Å². The zero-order valence-electron chi connectivity index (χ0n) is 7.71. The Morgan fingerprint density at radius 1 is 1.77 bits per heavy atom. The summed E-state index contributed by atoms with van der Waals surface area (Å²) in [5, 5.41) is 8.78. The normalized spacial score (nSPS) is 14.9. The van der Waals surface area contributed by atoms with Crippen molar-refractivity contribution in [1.82, 2.24) is 0 Å². The number of halogens is 1. The van der Waals surface area contributed by atoms with Gasteiger partial charge in [0.1, 0.15) is 0 Å². The van der Waals surface area contributed by atoms with Crippen molar-refractivity contribution in [3.05, 3.63) is 11.6 Å². The van der Waals surface area contributed by atoms with E-state index in [1.165, 1.54) is 12.5 Å². The summed E-state index contributed by atoms with van der Waals surface area (Å²) in [5.41, 5.74) is 0.163. The van der Waals surface area contributed by atoms with Crippen LogP contribution in [0.2, 0.25) is 0 Å². The quantitative estimate of drug-likeness (QED) is 0.656. The van der Waals surface area contributed by atoms with Crippen LogP contribution in [0.15, 0.2) is 11.6 Å². The Morgan fingerprint density at radius 2 is 2.38 bits per heavy atom. The first kappa shape index (κ1) is 12.0. The number of hydrogen-bond acceptors (Lipinski definition) is 3. The lowest BCUT2D eigenvalue weighted by molar-refractivity contribution is -0.150. The summed E-state index contributed by atoms with van der Waals surface area (Å²) in [6.07, 6.45) is 1.83. The van der Waals surface area contributed by atoms with Gasteiger partial charge in [0.2, 0.25) is 0 Å². The van der Waals surface area contributed by atoms with Crippen molar-refractivity contribution in [3.63, 3.8) is 0 Å². The molecule has 0 aliphatic rings. The lowest BCUT2D eigenvalue weighted by Crippen LogP contribution is -2.27. The van der Waals surface area contributed by atoms with Crippen molar-refractivity contribution in [1.29, 1.82) is 5.26 Å². The van der Waals surface area contributed by atoms with E-state index in [0.29, 0.717) is 0 Å². The SMILES string of the molecule is CCOC(=O)C(C)(C#N)C/C=C/Cl.